The van der Waals surface area contributed by atoms with E-state index in [9.17, 15) is 9.59 Å². The Morgan fingerprint density at radius 2 is 2.12 bits per heavy atom. The number of hydrogen-bond acceptors (Lipinski definition) is 4. The third-order valence-corrected chi connectivity index (χ3v) is 2.18. The fourth-order valence-corrected chi connectivity index (χ4v) is 1.44. The maximum atomic E-state index is 11.1. The Kier molecular flexibility index (Phi) is 3.04. The molecule has 0 unspecified atom stereocenters. The van der Waals surface area contributed by atoms with Gasteiger partial charge in [-0.05, 0) is 24.6 Å². The van der Waals surface area contributed by atoms with Crippen LogP contribution in [0.15, 0.2) is 29.4 Å². The van der Waals surface area contributed by atoms with Crippen molar-refractivity contribution in [2.75, 3.05) is 5.43 Å². The Morgan fingerprint density at radius 1 is 1.29 bits per heavy atom. The van der Waals surface area contributed by atoms with Crippen molar-refractivity contribution >= 4 is 23.5 Å². The minimum Gasteiger partial charge on any atom is -0.294 e. The van der Waals surface area contributed by atoms with Gasteiger partial charge < -0.3 is 0 Å². The Balaban J connectivity index is 2.05. The summed E-state index contributed by atoms with van der Waals surface area (Å²) in [4.78, 5) is 22.1. The number of amidine groups is 1. The largest absolute Gasteiger partial charge is 0.326 e. The molecule has 0 bridgehead atoms. The first-order valence-electron chi connectivity index (χ1n) is 5.13. The van der Waals surface area contributed by atoms with Crippen molar-refractivity contribution in [3.05, 3.63) is 29.8 Å². The molecular formula is C11H12N4O2. The summed E-state index contributed by atoms with van der Waals surface area (Å²) in [5.74, 6) is -0.0567. The first kappa shape index (κ1) is 11.1. The van der Waals surface area contributed by atoms with E-state index in [0.29, 0.717) is 5.84 Å². The molecule has 1 fully saturated rings. The van der Waals surface area contributed by atoms with Crippen LogP contribution in [0.5, 0.6) is 0 Å². The van der Waals surface area contributed by atoms with Gasteiger partial charge in [0.15, 0.2) is 0 Å². The maximum Gasteiger partial charge on any atom is 0.326 e. The van der Waals surface area contributed by atoms with E-state index in [1.807, 2.05) is 31.2 Å². The first-order valence-corrected chi connectivity index (χ1v) is 5.13. The fraction of sp³-hybridized carbons (Fsp3) is 0.182. The van der Waals surface area contributed by atoms with Gasteiger partial charge in [0.05, 0.1) is 12.1 Å². The number of nitrogens with one attached hydrogen (secondary N) is 3. The minimum atomic E-state index is -0.550. The predicted octanol–water partition coefficient (Wildman–Crippen LogP) is 0.950. The third-order valence-electron chi connectivity index (χ3n) is 2.18. The van der Waals surface area contributed by atoms with Gasteiger partial charge in [0.25, 0.3) is 0 Å². The van der Waals surface area contributed by atoms with Gasteiger partial charge >= 0.3 is 6.03 Å². The molecule has 6 nitrogen and oxygen atoms in total. The lowest BCUT2D eigenvalue weighted by Gasteiger charge is -2.14. The first-order chi connectivity index (χ1) is 8.13. The quantitative estimate of drug-likeness (QED) is 0.664. The van der Waals surface area contributed by atoms with Crippen LogP contribution in [0.1, 0.15) is 12.0 Å². The van der Waals surface area contributed by atoms with Crippen LogP contribution in [0.2, 0.25) is 0 Å². The van der Waals surface area contributed by atoms with Crippen LogP contribution in [-0.2, 0) is 4.79 Å². The molecule has 0 aromatic heterocycles. The highest BCUT2D eigenvalue weighted by Gasteiger charge is 2.19. The van der Waals surface area contributed by atoms with E-state index in [2.05, 4.69) is 21.2 Å². The third kappa shape index (κ3) is 3.04. The Bertz CT molecular complexity index is 478. The van der Waals surface area contributed by atoms with E-state index in [4.69, 9.17) is 0 Å². The summed E-state index contributed by atoms with van der Waals surface area (Å²) in [6.07, 6.45) is 0.0601. The van der Waals surface area contributed by atoms with Crippen molar-refractivity contribution < 1.29 is 9.59 Å². The molecule has 1 aromatic carbocycles. The molecule has 6 heteroatoms. The molecule has 1 heterocycles. The fourth-order valence-electron chi connectivity index (χ4n) is 1.44. The minimum absolute atomic E-state index is 0.0601. The topological polar surface area (TPSA) is 82.6 Å². The highest BCUT2D eigenvalue weighted by molar-refractivity contribution is 6.16. The van der Waals surface area contributed by atoms with E-state index >= 15 is 0 Å². The average Bonchev–Trinajstić information content (AvgIpc) is 2.25. The second-order valence-corrected chi connectivity index (χ2v) is 3.72. The standard InChI is InChI=1S/C11H12N4O2/c1-7-3-2-4-8(5-7)14-15-9-6-10(16)13-11(17)12-9/h2-5,14H,6H2,1H3,(H2,12,13,15,16,17). The van der Waals surface area contributed by atoms with Gasteiger partial charge in [0, 0.05) is 0 Å². The molecular weight excluding hydrogens is 220 g/mol. The molecule has 0 spiro atoms. The summed E-state index contributed by atoms with van der Waals surface area (Å²) in [7, 11) is 0. The molecule has 2 rings (SSSR count). The number of rotatable bonds is 2. The van der Waals surface area contributed by atoms with E-state index in [1.54, 1.807) is 0 Å². The molecule has 1 aromatic rings. The number of aryl methyl sites for hydroxylation is 1. The number of hydrazone groups is 1. The zero-order valence-corrected chi connectivity index (χ0v) is 9.28. The summed E-state index contributed by atoms with van der Waals surface area (Å²) in [6.45, 7) is 1.97. The molecule has 3 amide bonds. The van der Waals surface area contributed by atoms with Crippen molar-refractivity contribution in [1.82, 2.24) is 10.6 Å². The lowest BCUT2D eigenvalue weighted by Crippen LogP contribution is -2.50. The van der Waals surface area contributed by atoms with Gasteiger partial charge in [0.2, 0.25) is 5.91 Å². The van der Waals surface area contributed by atoms with Crippen LogP contribution in [-0.4, -0.2) is 17.8 Å². The van der Waals surface area contributed by atoms with Crippen LogP contribution in [0.25, 0.3) is 0 Å². The number of urea groups is 1. The molecule has 88 valence electrons. The van der Waals surface area contributed by atoms with Crippen LogP contribution in [0.4, 0.5) is 10.5 Å². The summed E-state index contributed by atoms with van der Waals surface area (Å²) in [5.41, 5.74) is 4.69. The van der Waals surface area contributed by atoms with E-state index in [-0.39, 0.29) is 12.3 Å². The van der Waals surface area contributed by atoms with Crippen LogP contribution in [0.3, 0.4) is 0 Å². The second-order valence-electron chi connectivity index (χ2n) is 3.72. The van der Waals surface area contributed by atoms with Gasteiger partial charge in [-0.3, -0.25) is 20.9 Å². The van der Waals surface area contributed by atoms with Gasteiger partial charge in [-0.2, -0.15) is 5.10 Å². The molecule has 3 N–H and O–H groups in total. The van der Waals surface area contributed by atoms with Gasteiger partial charge in [-0.25, -0.2) is 4.79 Å². The summed E-state index contributed by atoms with van der Waals surface area (Å²) >= 11 is 0. The SMILES string of the molecule is Cc1cccc(NN=C2CC(=O)NC(=O)N2)c1. The molecule has 0 atom stereocenters. The lowest BCUT2D eigenvalue weighted by molar-refractivity contribution is -0.119. The van der Waals surface area contributed by atoms with Crippen LogP contribution >= 0.6 is 0 Å². The van der Waals surface area contributed by atoms with E-state index in [0.717, 1.165) is 11.3 Å². The predicted molar refractivity (Wildman–Crippen MR) is 63.5 cm³/mol. The van der Waals surface area contributed by atoms with Crippen LogP contribution in [0, 0.1) is 6.92 Å². The van der Waals surface area contributed by atoms with E-state index in [1.165, 1.54) is 0 Å². The van der Waals surface area contributed by atoms with Crippen molar-refractivity contribution in [2.24, 2.45) is 5.10 Å². The monoisotopic (exact) mass is 232 g/mol. The highest BCUT2D eigenvalue weighted by atomic mass is 16.2. The molecule has 1 aliphatic heterocycles. The summed E-state index contributed by atoms with van der Waals surface area (Å²) in [6, 6.07) is 7.07. The summed E-state index contributed by atoms with van der Waals surface area (Å²) < 4.78 is 0. The Hall–Kier alpha value is -2.37. The van der Waals surface area contributed by atoms with Crippen molar-refractivity contribution in [3.63, 3.8) is 0 Å². The van der Waals surface area contributed by atoms with Gasteiger partial charge in [-0.15, -0.1) is 0 Å². The molecule has 1 aliphatic rings. The van der Waals surface area contributed by atoms with E-state index < -0.39 is 6.03 Å². The lowest BCUT2D eigenvalue weighted by atomic mass is 10.2. The van der Waals surface area contributed by atoms with Crippen LogP contribution < -0.4 is 16.1 Å². The van der Waals surface area contributed by atoms with Crippen molar-refractivity contribution in [2.45, 2.75) is 13.3 Å². The van der Waals surface area contributed by atoms with Gasteiger partial charge in [0.1, 0.15) is 5.84 Å². The van der Waals surface area contributed by atoms with Crippen molar-refractivity contribution in [1.29, 1.82) is 0 Å². The number of benzene rings is 1. The second kappa shape index (κ2) is 4.65. The zero-order valence-electron chi connectivity index (χ0n) is 9.28. The van der Waals surface area contributed by atoms with Crippen molar-refractivity contribution in [3.8, 4) is 0 Å². The molecule has 1 saturated heterocycles. The number of amides is 3. The number of carbonyl (C=O) groups is 2. The number of imide groups is 1. The molecule has 0 saturated carbocycles. The Labute approximate surface area is 98.1 Å². The number of carbonyl (C=O) groups excluding carboxylic acids is 2. The smallest absolute Gasteiger partial charge is 0.294 e. The Morgan fingerprint density at radius 3 is 2.82 bits per heavy atom. The zero-order chi connectivity index (χ0) is 12.3. The highest BCUT2D eigenvalue weighted by Crippen LogP contribution is 2.09. The molecule has 0 radical (unpaired) electrons. The molecule has 17 heavy (non-hydrogen) atoms. The van der Waals surface area contributed by atoms with Gasteiger partial charge in [-0.1, -0.05) is 12.1 Å². The number of nitrogens with zero attached hydrogens (tertiary/aromatic N) is 1. The number of hydrogen-bond donors (Lipinski definition) is 3. The summed E-state index contributed by atoms with van der Waals surface area (Å²) in [5, 5.41) is 8.54. The maximum absolute atomic E-state index is 11.1. The number of anilines is 1. The normalized spacial score (nSPS) is 17.6. The average molecular weight is 232 g/mol. The molecule has 0 aliphatic carbocycles.